The Morgan fingerprint density at radius 1 is 0.516 bits per heavy atom. The van der Waals surface area contributed by atoms with Gasteiger partial charge in [-0.15, -0.1) is 6.58 Å². The van der Waals surface area contributed by atoms with E-state index < -0.39 is 68.4 Å². The van der Waals surface area contributed by atoms with Gasteiger partial charge in [0.1, 0.15) is 102 Å². The number of rotatable bonds is 21. The van der Waals surface area contributed by atoms with Crippen LogP contribution >= 0.6 is 8.38 Å². The van der Waals surface area contributed by atoms with E-state index >= 15 is 0 Å². The zero-order chi connectivity index (χ0) is 70.4. The topological polar surface area (TPSA) is 203 Å². The average Bonchev–Trinajstić information content (AvgIpc) is 1.61. The van der Waals surface area contributed by atoms with E-state index in [4.69, 9.17) is 76.3 Å². The van der Waals surface area contributed by atoms with E-state index in [2.05, 4.69) is 161 Å². The molecule has 10 bridgehead atoms. The van der Waals surface area contributed by atoms with Crippen molar-refractivity contribution in [2.45, 2.75) is 357 Å². The maximum Gasteiger partial charge on any atom is 0.238 e. The second kappa shape index (κ2) is 30.7. The summed E-state index contributed by atoms with van der Waals surface area (Å²) in [7, 11) is -6.68. The molecular formula is C70H132NO18PSi3. The van der Waals surface area contributed by atoms with Crippen molar-refractivity contribution in [2.75, 3.05) is 52.9 Å². The molecule has 10 fully saturated rings. The first kappa shape index (κ1) is 81.6. The molecular weight excluding hydrogens is 1260 g/mol. The van der Waals surface area contributed by atoms with Gasteiger partial charge in [0, 0.05) is 6.66 Å². The average molecular weight is 1390 g/mol. The lowest BCUT2D eigenvalue weighted by atomic mass is 9.84. The molecule has 10 aliphatic rings. The van der Waals surface area contributed by atoms with E-state index in [-0.39, 0.29) is 112 Å². The van der Waals surface area contributed by atoms with Crippen molar-refractivity contribution in [3.05, 3.63) is 24.1 Å². The summed E-state index contributed by atoms with van der Waals surface area (Å²) in [4.78, 5) is 3.28. The van der Waals surface area contributed by atoms with Crippen LogP contribution in [-0.4, -0.2) is 225 Å². The number of nitrogens with zero attached hydrogens (tertiary/aromatic N) is 1. The van der Waals surface area contributed by atoms with Gasteiger partial charge < -0.3 is 89.9 Å². The Balaban J connectivity index is 0.000000186. The van der Waals surface area contributed by atoms with Crippen molar-refractivity contribution < 1.29 is 85.0 Å². The van der Waals surface area contributed by atoms with Crippen LogP contribution in [0.2, 0.25) is 54.4 Å². The third kappa shape index (κ3) is 15.8. The van der Waals surface area contributed by atoms with Gasteiger partial charge in [0.05, 0.1) is 69.7 Å². The zero-order valence-corrected chi connectivity index (χ0v) is 66.9. The Labute approximate surface area is 567 Å². The molecule has 10 rings (SSSR count). The van der Waals surface area contributed by atoms with Crippen LogP contribution < -0.4 is 0 Å². The SMILES string of the molecule is C=C[C@H](O)[C@@]12CO[C@@H]([C@H](C)O1)[C@@H]2O[Si](C)(C)C(C)(C)C.CC[C@H](C)[C@@]12CO[C@@H]([C@H](C)O1)[C@@H]2O.CC[C@H](C)[C@@]12CO[C@@H]([C@H](C)O1)[C@@H]2O[Si](C)(C)C(C)(C)C.CC[C@H](O)[C@@]12CO[C@@H]([C@H](C)O1)[C@@H]2O[Si](C)(C)C(C)(C)C.[C-]#[N+]CCOP(C)O[C@H]1[C@H]2OC[C@]1([C@@H](C)CC)O[C@H]2C. The minimum atomic E-state index is -1.95. The van der Waals surface area contributed by atoms with E-state index in [0.29, 0.717) is 70.4 Å². The Bertz CT molecular complexity index is 2390. The lowest BCUT2D eigenvalue weighted by Crippen LogP contribution is -2.56. The van der Waals surface area contributed by atoms with Crippen LogP contribution in [0.5, 0.6) is 0 Å². The predicted molar refractivity (Wildman–Crippen MR) is 373 cm³/mol. The van der Waals surface area contributed by atoms with Crippen LogP contribution in [0.4, 0.5) is 0 Å². The fraction of sp³-hybridized carbons (Fsp3) is 0.957. The van der Waals surface area contributed by atoms with Crippen molar-refractivity contribution in [1.82, 2.24) is 0 Å². The number of hydrogen-bond acceptors (Lipinski definition) is 18. The van der Waals surface area contributed by atoms with Gasteiger partial charge in [-0.2, -0.15) is 0 Å². The molecule has 0 aromatic carbocycles. The molecule has 0 aromatic heterocycles. The van der Waals surface area contributed by atoms with Crippen molar-refractivity contribution in [2.24, 2.45) is 17.8 Å². The number of fused-ring (bicyclic) bond motifs is 10. The summed E-state index contributed by atoms with van der Waals surface area (Å²) in [5.41, 5.74) is -2.44. The molecule has 0 spiro atoms. The number of hydrogen-bond donors (Lipinski definition) is 3. The second-order valence-electron chi connectivity index (χ2n) is 33.3. The van der Waals surface area contributed by atoms with E-state index in [1.165, 1.54) is 6.08 Å². The van der Waals surface area contributed by atoms with Crippen molar-refractivity contribution >= 4 is 33.3 Å². The zero-order valence-electron chi connectivity index (χ0n) is 63.0. The normalized spacial score (nSPS) is 40.8. The maximum atomic E-state index is 10.5. The molecule has 542 valence electrons. The predicted octanol–water partition coefficient (Wildman–Crippen LogP) is 13.0. The van der Waals surface area contributed by atoms with Crippen LogP contribution in [0.1, 0.15) is 171 Å². The Hall–Kier alpha value is -0.409. The minimum absolute atomic E-state index is 0.00147. The summed E-state index contributed by atoms with van der Waals surface area (Å²) < 4.78 is 91.2. The van der Waals surface area contributed by atoms with Crippen LogP contribution in [0.3, 0.4) is 0 Å². The van der Waals surface area contributed by atoms with Gasteiger partial charge in [-0.05, 0) is 113 Å². The molecule has 19 nitrogen and oxygen atoms in total. The van der Waals surface area contributed by atoms with Crippen LogP contribution in [0.25, 0.3) is 4.85 Å². The third-order valence-corrected chi connectivity index (χ3v) is 38.7. The first-order valence-electron chi connectivity index (χ1n) is 35.4. The molecule has 23 heteroatoms. The summed E-state index contributed by atoms with van der Waals surface area (Å²) >= 11 is 0. The molecule has 26 atom stereocenters. The number of aliphatic hydroxyl groups excluding tert-OH is 3. The first-order valence-corrected chi connectivity index (χ1v) is 45.7. The monoisotopic (exact) mass is 1390 g/mol. The summed E-state index contributed by atoms with van der Waals surface area (Å²) in [5.74, 6) is 1.21. The van der Waals surface area contributed by atoms with Crippen LogP contribution in [0.15, 0.2) is 12.7 Å². The Kier molecular flexibility index (Phi) is 26.9. The van der Waals surface area contributed by atoms with Gasteiger partial charge in [-0.25, -0.2) is 6.57 Å². The van der Waals surface area contributed by atoms with E-state index in [1.807, 2.05) is 41.3 Å². The van der Waals surface area contributed by atoms with Gasteiger partial charge in [-0.1, -0.05) is 136 Å². The molecule has 0 radical (unpaired) electrons. The van der Waals surface area contributed by atoms with Gasteiger partial charge in [0.25, 0.3) is 0 Å². The standard InChI is InChI=1S/C16H32O3Si.C15H30O4Si.C15H28O4Si.C14H24NO4P.C10H18O3/c1-9-11(2)16-10-17-13(12(3)18-16)14(16)19-20(7,8)15(4,5)6;2*1-8-11(16)15-9-17-12(10(2)18-15)13(15)19-20(6,7)14(3,4)5;1-6-10(2)14-9-16-12(11(3)18-14)13(14)19-20(5)17-8-7-15-4;1-4-6(2)10-5-12-8(9(10)11)7(3)13-10/h11-14H,9-10H2,1-8H3;10-13,16H,8-9H2,1-7H3;8,10-13,16H,1,9H2,2-7H3;10-13H,6-9H2,1-3,5H3;6-9,11H,4-5H2,1-3H3/t11-,12-,13-,14-,16+;2*10-,11-,12-,13-,15+;10-,11-,12-,13-,14+,20?;6-,7-,8-,9-,10+/m00000/s1. The fourth-order valence-corrected chi connectivity index (χ4v) is 19.3. The molecule has 10 aliphatic heterocycles. The molecule has 0 amide bonds. The molecule has 93 heavy (non-hydrogen) atoms. The van der Waals surface area contributed by atoms with Crippen LogP contribution in [0, 0.1) is 24.3 Å². The minimum Gasteiger partial charge on any atom is -0.408 e. The van der Waals surface area contributed by atoms with Gasteiger partial charge in [0.2, 0.25) is 6.54 Å². The largest absolute Gasteiger partial charge is 0.408 e. The van der Waals surface area contributed by atoms with Gasteiger partial charge in [-0.3, -0.25) is 0 Å². The van der Waals surface area contributed by atoms with Gasteiger partial charge in [0.15, 0.2) is 33.3 Å². The fourth-order valence-electron chi connectivity index (χ4n) is 14.3. The lowest BCUT2D eigenvalue weighted by Gasteiger charge is -2.42. The lowest BCUT2D eigenvalue weighted by molar-refractivity contribution is -0.182. The third-order valence-electron chi connectivity index (χ3n) is 24.2. The Morgan fingerprint density at radius 3 is 1.16 bits per heavy atom. The molecule has 10 saturated heterocycles. The van der Waals surface area contributed by atoms with Crippen molar-refractivity contribution in [1.29, 1.82) is 0 Å². The highest BCUT2D eigenvalue weighted by atomic mass is 31.2. The highest BCUT2D eigenvalue weighted by Gasteiger charge is 2.69. The number of ether oxygens (including phenoxy) is 10. The summed E-state index contributed by atoms with van der Waals surface area (Å²) in [6, 6.07) is 0. The molecule has 0 aromatic rings. The van der Waals surface area contributed by atoms with E-state index in [9.17, 15) is 15.3 Å². The molecule has 10 heterocycles. The molecule has 3 N–H and O–H groups in total. The van der Waals surface area contributed by atoms with E-state index in [0.717, 1.165) is 19.3 Å². The summed E-state index contributed by atoms with van der Waals surface area (Å²) in [6.07, 6.45) is 3.29. The molecule has 1 unspecified atom stereocenters. The van der Waals surface area contributed by atoms with Crippen LogP contribution in [-0.2, 0) is 69.7 Å². The first-order chi connectivity index (χ1) is 42.8. The maximum absolute atomic E-state index is 10.5. The summed E-state index contributed by atoms with van der Waals surface area (Å²) in [6.45, 7) is 74.7. The smallest absolute Gasteiger partial charge is 0.238 e. The highest BCUT2D eigenvalue weighted by Crippen LogP contribution is 2.55. The quantitative estimate of drug-likeness (QED) is 0.0321. The van der Waals surface area contributed by atoms with Crippen molar-refractivity contribution in [3.63, 3.8) is 0 Å². The van der Waals surface area contributed by atoms with E-state index in [1.54, 1.807) is 0 Å². The molecule has 0 saturated carbocycles. The Morgan fingerprint density at radius 2 is 0.817 bits per heavy atom. The van der Waals surface area contributed by atoms with Gasteiger partial charge >= 0.3 is 0 Å². The molecule has 0 aliphatic carbocycles. The summed E-state index contributed by atoms with van der Waals surface area (Å²) in [5, 5.41) is 31.3. The second-order valence-corrected chi connectivity index (χ2v) is 48.9. The van der Waals surface area contributed by atoms with Crippen molar-refractivity contribution in [3.8, 4) is 0 Å². The number of aliphatic hydroxyl groups is 3. The highest BCUT2D eigenvalue weighted by molar-refractivity contribution is 7.46.